The quantitative estimate of drug-likeness (QED) is 0.907. The highest BCUT2D eigenvalue weighted by atomic mass is 16.5. The first-order chi connectivity index (χ1) is 10.0. The van der Waals surface area contributed by atoms with Gasteiger partial charge in [0.25, 0.3) is 5.91 Å². The minimum Gasteiger partial charge on any atom is -0.495 e. The van der Waals surface area contributed by atoms with Crippen molar-refractivity contribution < 1.29 is 9.53 Å². The largest absolute Gasteiger partial charge is 0.495 e. The molecule has 0 spiro atoms. The van der Waals surface area contributed by atoms with Gasteiger partial charge in [-0.3, -0.25) is 4.79 Å². The van der Waals surface area contributed by atoms with Crippen LogP contribution in [-0.2, 0) is 6.54 Å². The van der Waals surface area contributed by atoms with E-state index in [-0.39, 0.29) is 5.91 Å². The van der Waals surface area contributed by atoms with Crippen molar-refractivity contribution in [1.29, 1.82) is 0 Å². The number of methoxy groups -OCH3 is 1. The van der Waals surface area contributed by atoms with Crippen LogP contribution in [0.3, 0.4) is 0 Å². The zero-order chi connectivity index (χ0) is 15.4. The number of carbonyl (C=O) groups is 1. The van der Waals surface area contributed by atoms with Crippen molar-refractivity contribution in [3.8, 4) is 5.75 Å². The Bertz CT molecular complexity index is 646. The molecule has 4 nitrogen and oxygen atoms in total. The molecule has 0 radical (unpaired) electrons. The third-order valence-electron chi connectivity index (χ3n) is 3.23. The van der Waals surface area contributed by atoms with E-state index in [0.717, 1.165) is 16.7 Å². The number of anilines is 1. The summed E-state index contributed by atoms with van der Waals surface area (Å²) in [5.41, 5.74) is 9.96. The summed E-state index contributed by atoms with van der Waals surface area (Å²) < 4.78 is 5.30. The number of aryl methyl sites for hydroxylation is 2. The minimum atomic E-state index is -0.152. The molecule has 1 amide bonds. The Kier molecular flexibility index (Phi) is 4.60. The first-order valence-corrected chi connectivity index (χ1v) is 6.80. The lowest BCUT2D eigenvalue weighted by Crippen LogP contribution is -2.13. The number of nitrogens with two attached hydrogens (primary N) is 1. The maximum Gasteiger partial charge on any atom is 0.255 e. The van der Waals surface area contributed by atoms with Crippen LogP contribution in [0.1, 0.15) is 27.0 Å². The summed E-state index contributed by atoms with van der Waals surface area (Å²) in [5, 5.41) is 2.88. The van der Waals surface area contributed by atoms with E-state index < -0.39 is 0 Å². The average molecular weight is 284 g/mol. The van der Waals surface area contributed by atoms with Gasteiger partial charge in [0, 0.05) is 12.1 Å². The van der Waals surface area contributed by atoms with Gasteiger partial charge in [-0.2, -0.15) is 0 Å². The van der Waals surface area contributed by atoms with Gasteiger partial charge in [-0.05, 0) is 43.7 Å². The van der Waals surface area contributed by atoms with Crippen LogP contribution in [0, 0.1) is 13.8 Å². The highest BCUT2D eigenvalue weighted by molar-refractivity contribution is 6.05. The molecule has 21 heavy (non-hydrogen) atoms. The maximum absolute atomic E-state index is 12.3. The number of hydrogen-bond acceptors (Lipinski definition) is 3. The van der Waals surface area contributed by atoms with Crippen LogP contribution >= 0.6 is 0 Å². The fourth-order valence-electron chi connectivity index (χ4n) is 2.27. The van der Waals surface area contributed by atoms with Crippen molar-refractivity contribution in [3.63, 3.8) is 0 Å². The topological polar surface area (TPSA) is 64.3 Å². The molecule has 3 N–H and O–H groups in total. The maximum atomic E-state index is 12.3. The molecule has 0 aromatic heterocycles. The average Bonchev–Trinajstić information content (AvgIpc) is 2.46. The summed E-state index contributed by atoms with van der Waals surface area (Å²) in [6, 6.07) is 11.3. The summed E-state index contributed by atoms with van der Waals surface area (Å²) in [5.74, 6) is 0.455. The molecule has 110 valence electrons. The molecular weight excluding hydrogens is 264 g/mol. The van der Waals surface area contributed by atoms with Crippen LogP contribution in [0.5, 0.6) is 5.75 Å². The fraction of sp³-hybridized carbons (Fsp3) is 0.235. The fourth-order valence-corrected chi connectivity index (χ4v) is 2.27. The number of benzene rings is 2. The number of amides is 1. The molecule has 2 rings (SSSR count). The molecular formula is C17H20N2O2. The molecule has 0 aliphatic heterocycles. The molecule has 0 atom stereocenters. The standard InChI is InChI=1S/C17H20N2O2/c1-11-6-12(2)8-14(7-11)17(20)19-15-5-4-13(10-18)9-16(15)21-3/h4-9H,10,18H2,1-3H3,(H,19,20). The SMILES string of the molecule is COc1cc(CN)ccc1NC(=O)c1cc(C)cc(C)c1. The molecule has 0 bridgehead atoms. The Labute approximate surface area is 124 Å². The molecule has 2 aromatic carbocycles. The van der Waals surface area contributed by atoms with Gasteiger partial charge in [0.05, 0.1) is 12.8 Å². The van der Waals surface area contributed by atoms with Gasteiger partial charge < -0.3 is 15.8 Å². The van der Waals surface area contributed by atoms with E-state index in [0.29, 0.717) is 23.5 Å². The second kappa shape index (κ2) is 6.41. The Hall–Kier alpha value is -2.33. The van der Waals surface area contributed by atoms with E-state index in [1.165, 1.54) is 0 Å². The van der Waals surface area contributed by atoms with Crippen LogP contribution < -0.4 is 15.8 Å². The van der Waals surface area contributed by atoms with E-state index in [9.17, 15) is 4.79 Å². The summed E-state index contributed by atoms with van der Waals surface area (Å²) in [7, 11) is 1.57. The zero-order valence-corrected chi connectivity index (χ0v) is 12.6. The number of nitrogens with one attached hydrogen (secondary N) is 1. The van der Waals surface area contributed by atoms with Gasteiger partial charge >= 0.3 is 0 Å². The molecule has 0 unspecified atom stereocenters. The zero-order valence-electron chi connectivity index (χ0n) is 12.6. The van der Waals surface area contributed by atoms with E-state index in [4.69, 9.17) is 10.5 Å². The minimum absolute atomic E-state index is 0.152. The van der Waals surface area contributed by atoms with E-state index >= 15 is 0 Å². The third kappa shape index (κ3) is 3.61. The van der Waals surface area contributed by atoms with Gasteiger partial charge in [0.2, 0.25) is 0 Å². The predicted octanol–water partition coefficient (Wildman–Crippen LogP) is 3.02. The van der Waals surface area contributed by atoms with Crippen LogP contribution in [0.2, 0.25) is 0 Å². The van der Waals surface area contributed by atoms with Crippen molar-refractivity contribution in [2.75, 3.05) is 12.4 Å². The lowest BCUT2D eigenvalue weighted by atomic mass is 10.1. The second-order valence-electron chi connectivity index (χ2n) is 5.07. The Morgan fingerprint density at radius 3 is 2.38 bits per heavy atom. The van der Waals surface area contributed by atoms with E-state index in [1.54, 1.807) is 7.11 Å². The lowest BCUT2D eigenvalue weighted by molar-refractivity contribution is 0.102. The molecule has 0 saturated heterocycles. The highest BCUT2D eigenvalue weighted by Crippen LogP contribution is 2.26. The highest BCUT2D eigenvalue weighted by Gasteiger charge is 2.11. The number of rotatable bonds is 4. The van der Waals surface area contributed by atoms with Crippen molar-refractivity contribution in [1.82, 2.24) is 0 Å². The van der Waals surface area contributed by atoms with Crippen molar-refractivity contribution in [3.05, 3.63) is 58.7 Å². The predicted molar refractivity (Wildman–Crippen MR) is 84.8 cm³/mol. The Balaban J connectivity index is 2.26. The molecule has 0 heterocycles. The molecule has 0 aliphatic rings. The van der Waals surface area contributed by atoms with Crippen LogP contribution in [0.15, 0.2) is 36.4 Å². The molecule has 4 heteroatoms. The van der Waals surface area contributed by atoms with Crippen LogP contribution in [0.4, 0.5) is 5.69 Å². The van der Waals surface area contributed by atoms with Crippen molar-refractivity contribution in [2.45, 2.75) is 20.4 Å². The summed E-state index contributed by atoms with van der Waals surface area (Å²) >= 11 is 0. The van der Waals surface area contributed by atoms with E-state index in [2.05, 4.69) is 5.32 Å². The Morgan fingerprint density at radius 2 is 1.81 bits per heavy atom. The number of hydrogen-bond donors (Lipinski definition) is 2. The van der Waals surface area contributed by atoms with Gasteiger partial charge in [-0.1, -0.05) is 23.3 Å². The third-order valence-corrected chi connectivity index (χ3v) is 3.23. The first kappa shape index (κ1) is 15.1. The first-order valence-electron chi connectivity index (χ1n) is 6.80. The van der Waals surface area contributed by atoms with E-state index in [1.807, 2.05) is 50.2 Å². The molecule has 2 aromatic rings. The number of ether oxygens (including phenoxy) is 1. The normalized spacial score (nSPS) is 10.3. The summed E-state index contributed by atoms with van der Waals surface area (Å²) in [6.07, 6.45) is 0. The summed E-state index contributed by atoms with van der Waals surface area (Å²) in [6.45, 7) is 4.38. The molecule has 0 saturated carbocycles. The van der Waals surface area contributed by atoms with Gasteiger partial charge in [0.1, 0.15) is 5.75 Å². The van der Waals surface area contributed by atoms with Gasteiger partial charge in [-0.25, -0.2) is 0 Å². The molecule has 0 fully saturated rings. The van der Waals surface area contributed by atoms with Gasteiger partial charge in [0.15, 0.2) is 0 Å². The van der Waals surface area contributed by atoms with Crippen LogP contribution in [0.25, 0.3) is 0 Å². The number of carbonyl (C=O) groups excluding carboxylic acids is 1. The summed E-state index contributed by atoms with van der Waals surface area (Å²) in [4.78, 5) is 12.3. The lowest BCUT2D eigenvalue weighted by Gasteiger charge is -2.12. The molecule has 0 aliphatic carbocycles. The monoisotopic (exact) mass is 284 g/mol. The second-order valence-corrected chi connectivity index (χ2v) is 5.07. The van der Waals surface area contributed by atoms with Crippen LogP contribution in [-0.4, -0.2) is 13.0 Å². The Morgan fingerprint density at radius 1 is 1.14 bits per heavy atom. The van der Waals surface area contributed by atoms with Crippen molar-refractivity contribution >= 4 is 11.6 Å². The van der Waals surface area contributed by atoms with Crippen molar-refractivity contribution in [2.24, 2.45) is 5.73 Å². The smallest absolute Gasteiger partial charge is 0.255 e. The van der Waals surface area contributed by atoms with Gasteiger partial charge in [-0.15, -0.1) is 0 Å².